The fourth-order valence-corrected chi connectivity index (χ4v) is 3.42. The van der Waals surface area contributed by atoms with Crippen LogP contribution in [0.2, 0.25) is 0 Å². The molecule has 0 bridgehead atoms. The number of hydrogen-bond acceptors (Lipinski definition) is 3. The fourth-order valence-electron chi connectivity index (χ4n) is 2.43. The molecule has 1 aromatic heterocycles. The number of likely N-dealkylation sites (N-methyl/N-ethyl adjacent to an activating group) is 1. The topological polar surface area (TPSA) is 37.6 Å². The Balaban J connectivity index is 2.03. The van der Waals surface area contributed by atoms with Gasteiger partial charge in [0, 0.05) is 0 Å². The molecule has 0 aliphatic carbocycles. The predicted octanol–water partition coefficient (Wildman–Crippen LogP) is 2.37. The molecular formula is C18H18F2N3OS+. The largest absolute Gasteiger partial charge is 0.338 e. The Morgan fingerprint density at radius 3 is 2.44 bits per heavy atom. The molecule has 3 rings (SSSR count). The number of halogens is 2. The highest BCUT2D eigenvalue weighted by Gasteiger charge is 2.27. The lowest BCUT2D eigenvalue weighted by atomic mass is 10.1. The summed E-state index contributed by atoms with van der Waals surface area (Å²) in [4.78, 5) is 19.8. The molecule has 0 radical (unpaired) electrons. The van der Waals surface area contributed by atoms with E-state index in [0.29, 0.717) is 18.2 Å². The average molecular weight is 362 g/mol. The van der Waals surface area contributed by atoms with E-state index in [1.54, 1.807) is 0 Å². The van der Waals surface area contributed by atoms with Crippen molar-refractivity contribution in [1.82, 2.24) is 4.98 Å². The minimum atomic E-state index is -0.867. The highest BCUT2D eigenvalue weighted by Crippen LogP contribution is 2.30. The number of hydrogen-bond donors (Lipinski definition) is 1. The SMILES string of the molecule is C[NH+](C)CCN(C(=O)c1c(F)cccc1F)c1nc2ccccc2s1. The summed E-state index contributed by atoms with van der Waals surface area (Å²) in [7, 11) is 3.90. The number of benzene rings is 2. The minimum absolute atomic E-state index is 0.314. The second kappa shape index (κ2) is 7.25. The molecule has 0 fully saturated rings. The number of thiazole rings is 1. The molecule has 3 aromatic rings. The molecule has 0 saturated carbocycles. The van der Waals surface area contributed by atoms with Crippen molar-refractivity contribution in [3.63, 3.8) is 0 Å². The number of rotatable bonds is 5. The third-order valence-corrected chi connectivity index (χ3v) is 4.83. The zero-order valence-electron chi connectivity index (χ0n) is 13.9. The molecule has 25 heavy (non-hydrogen) atoms. The van der Waals surface area contributed by atoms with Crippen molar-refractivity contribution < 1.29 is 18.5 Å². The second-order valence-electron chi connectivity index (χ2n) is 5.97. The van der Waals surface area contributed by atoms with Crippen LogP contribution in [0.15, 0.2) is 42.5 Å². The summed E-state index contributed by atoms with van der Waals surface area (Å²) < 4.78 is 29.1. The van der Waals surface area contributed by atoms with Gasteiger partial charge in [0.25, 0.3) is 5.91 Å². The molecule has 1 N–H and O–H groups in total. The van der Waals surface area contributed by atoms with Crippen LogP contribution in [-0.4, -0.2) is 38.1 Å². The lowest BCUT2D eigenvalue weighted by molar-refractivity contribution is -0.856. The molecule has 7 heteroatoms. The lowest BCUT2D eigenvalue weighted by Gasteiger charge is -2.21. The minimum Gasteiger partial charge on any atom is -0.338 e. The number of quaternary nitrogens is 1. The number of amides is 1. The number of anilines is 1. The van der Waals surface area contributed by atoms with Crippen LogP contribution in [0.1, 0.15) is 10.4 Å². The smallest absolute Gasteiger partial charge is 0.266 e. The highest BCUT2D eigenvalue weighted by molar-refractivity contribution is 7.22. The summed E-state index contributed by atoms with van der Waals surface area (Å²) >= 11 is 1.33. The second-order valence-corrected chi connectivity index (χ2v) is 6.98. The van der Waals surface area contributed by atoms with Crippen molar-refractivity contribution in [1.29, 1.82) is 0 Å². The zero-order chi connectivity index (χ0) is 18.0. The van der Waals surface area contributed by atoms with E-state index in [-0.39, 0.29) is 0 Å². The molecule has 1 amide bonds. The van der Waals surface area contributed by atoms with Crippen LogP contribution in [0.3, 0.4) is 0 Å². The zero-order valence-corrected chi connectivity index (χ0v) is 14.7. The molecule has 4 nitrogen and oxygen atoms in total. The van der Waals surface area contributed by atoms with E-state index in [2.05, 4.69) is 4.98 Å². The lowest BCUT2D eigenvalue weighted by Crippen LogP contribution is -3.06. The van der Waals surface area contributed by atoms with E-state index in [4.69, 9.17) is 0 Å². The maximum absolute atomic E-state index is 14.1. The van der Waals surface area contributed by atoms with Gasteiger partial charge in [0.05, 0.1) is 37.4 Å². The maximum atomic E-state index is 14.1. The van der Waals surface area contributed by atoms with Crippen molar-refractivity contribution in [2.75, 3.05) is 32.1 Å². The number of nitrogens with one attached hydrogen (secondary N) is 1. The van der Waals surface area contributed by atoms with Gasteiger partial charge in [0.15, 0.2) is 5.13 Å². The summed E-state index contributed by atoms with van der Waals surface area (Å²) in [6.45, 7) is 0.937. The number of carbonyl (C=O) groups excluding carboxylic acids is 1. The van der Waals surface area contributed by atoms with Gasteiger partial charge in [-0.05, 0) is 24.3 Å². The maximum Gasteiger partial charge on any atom is 0.266 e. The van der Waals surface area contributed by atoms with E-state index in [1.807, 2.05) is 38.4 Å². The van der Waals surface area contributed by atoms with Gasteiger partial charge < -0.3 is 4.90 Å². The van der Waals surface area contributed by atoms with Crippen LogP contribution in [0.4, 0.5) is 13.9 Å². The Hall–Kier alpha value is -2.38. The molecule has 0 saturated heterocycles. The van der Waals surface area contributed by atoms with E-state index in [1.165, 1.54) is 22.3 Å². The summed E-state index contributed by atoms with van der Waals surface area (Å²) in [6.07, 6.45) is 0. The standard InChI is InChI=1S/C18H17F2N3OS/c1-22(2)10-11-23(17(24)16-12(19)6-5-7-13(16)20)18-21-14-8-3-4-9-15(14)25-18/h3-9H,10-11H2,1-2H3/p+1. The molecule has 0 unspecified atom stereocenters. The number of para-hydroxylation sites is 1. The average Bonchev–Trinajstić information content (AvgIpc) is 2.98. The van der Waals surface area contributed by atoms with Gasteiger partial charge >= 0.3 is 0 Å². The Labute approximate surface area is 148 Å². The molecule has 0 aliphatic rings. The Morgan fingerprint density at radius 2 is 1.80 bits per heavy atom. The predicted molar refractivity (Wildman–Crippen MR) is 95.3 cm³/mol. The van der Waals surface area contributed by atoms with Crippen LogP contribution < -0.4 is 9.80 Å². The van der Waals surface area contributed by atoms with Crippen LogP contribution in [0, 0.1) is 11.6 Å². The normalized spacial score (nSPS) is 11.2. The molecule has 0 spiro atoms. The van der Waals surface area contributed by atoms with Crippen LogP contribution >= 0.6 is 11.3 Å². The number of aromatic nitrogens is 1. The molecule has 0 aliphatic heterocycles. The van der Waals surface area contributed by atoms with Gasteiger partial charge in [-0.2, -0.15) is 0 Å². The Morgan fingerprint density at radius 1 is 1.12 bits per heavy atom. The van der Waals surface area contributed by atoms with Gasteiger partial charge in [-0.15, -0.1) is 0 Å². The van der Waals surface area contributed by atoms with Crippen LogP contribution in [-0.2, 0) is 0 Å². The first-order chi connectivity index (χ1) is 12.0. The van der Waals surface area contributed by atoms with E-state index >= 15 is 0 Å². The van der Waals surface area contributed by atoms with Crippen molar-refractivity contribution >= 4 is 32.6 Å². The molecule has 1 heterocycles. The molecule has 0 atom stereocenters. The Bertz CT molecular complexity index is 857. The quantitative estimate of drug-likeness (QED) is 0.757. The van der Waals surface area contributed by atoms with Gasteiger partial charge in [-0.3, -0.25) is 9.69 Å². The van der Waals surface area contributed by atoms with Gasteiger partial charge in [0.2, 0.25) is 0 Å². The number of fused-ring (bicyclic) bond motifs is 1. The number of carbonyl (C=O) groups is 1. The first-order valence-corrected chi connectivity index (χ1v) is 8.69. The van der Waals surface area contributed by atoms with Crippen molar-refractivity contribution in [3.8, 4) is 0 Å². The van der Waals surface area contributed by atoms with Crippen molar-refractivity contribution in [3.05, 3.63) is 59.7 Å². The van der Waals surface area contributed by atoms with Crippen molar-refractivity contribution in [2.45, 2.75) is 0 Å². The summed E-state index contributed by atoms with van der Waals surface area (Å²) in [5.74, 6) is -2.45. The van der Waals surface area contributed by atoms with Gasteiger partial charge in [-0.1, -0.05) is 29.5 Å². The molecule has 130 valence electrons. The first kappa shape index (κ1) is 17.4. The summed E-state index contributed by atoms with van der Waals surface area (Å²) in [6, 6.07) is 10.9. The number of nitrogens with zero attached hydrogens (tertiary/aromatic N) is 2. The van der Waals surface area contributed by atoms with E-state index in [0.717, 1.165) is 27.2 Å². The third kappa shape index (κ3) is 3.67. The van der Waals surface area contributed by atoms with Crippen molar-refractivity contribution in [2.24, 2.45) is 0 Å². The molecule has 2 aromatic carbocycles. The third-order valence-electron chi connectivity index (χ3n) is 3.77. The van der Waals surface area contributed by atoms with Gasteiger partial charge in [0.1, 0.15) is 17.2 Å². The summed E-state index contributed by atoms with van der Waals surface area (Å²) in [5, 5.41) is 0.440. The Kier molecular flexibility index (Phi) is 5.06. The van der Waals surface area contributed by atoms with E-state index < -0.39 is 23.1 Å². The summed E-state index contributed by atoms with van der Waals surface area (Å²) in [5.41, 5.74) is 0.210. The van der Waals surface area contributed by atoms with E-state index in [9.17, 15) is 13.6 Å². The highest BCUT2D eigenvalue weighted by atomic mass is 32.1. The van der Waals surface area contributed by atoms with Gasteiger partial charge in [-0.25, -0.2) is 13.8 Å². The monoisotopic (exact) mass is 362 g/mol. The van der Waals surface area contributed by atoms with Crippen LogP contribution in [0.5, 0.6) is 0 Å². The first-order valence-electron chi connectivity index (χ1n) is 7.88. The van der Waals surface area contributed by atoms with Crippen LogP contribution in [0.25, 0.3) is 10.2 Å². The molecular weight excluding hydrogens is 344 g/mol. The fraction of sp³-hybridized carbons (Fsp3) is 0.222.